The van der Waals surface area contributed by atoms with Gasteiger partial charge in [-0.05, 0) is 54.4 Å². The molecule has 0 aliphatic heterocycles. The van der Waals surface area contributed by atoms with Gasteiger partial charge < -0.3 is 29.2 Å². The van der Waals surface area contributed by atoms with E-state index in [4.69, 9.17) is 0 Å². The number of aromatic nitrogens is 12. The molecule has 2 N–H and O–H groups in total. The number of hydrogen-bond acceptors (Lipinski definition) is 12. The zero-order valence-corrected chi connectivity index (χ0v) is 27.5. The van der Waals surface area contributed by atoms with Gasteiger partial charge in [0.25, 0.3) is 0 Å². The van der Waals surface area contributed by atoms with Crippen LogP contribution in [-0.4, -0.2) is 85.7 Å². The van der Waals surface area contributed by atoms with Crippen molar-refractivity contribution in [3.63, 3.8) is 0 Å². The molecule has 46 heavy (non-hydrogen) atoms. The molecule has 1 saturated carbocycles. The zero-order valence-electron chi connectivity index (χ0n) is 27.5. The molecule has 0 radical (unpaired) electrons. The normalized spacial score (nSPS) is 12.6. The molecule has 0 atom stereocenters. The number of anilines is 3. The van der Waals surface area contributed by atoms with E-state index in [1.807, 2.05) is 47.8 Å². The van der Waals surface area contributed by atoms with E-state index < -0.39 is 0 Å². The number of rotatable bonds is 7. The molecule has 0 spiro atoms. The van der Waals surface area contributed by atoms with Gasteiger partial charge in [-0.1, -0.05) is 7.43 Å². The molecule has 1 aliphatic carbocycles. The molecule has 0 saturated heterocycles. The Morgan fingerprint density at radius 1 is 0.609 bits per heavy atom. The molecule has 0 unspecified atom stereocenters. The number of nitrogens with zero attached hydrogens (tertiary/aromatic N) is 13. The second-order valence-electron chi connectivity index (χ2n) is 12.0. The third-order valence-corrected chi connectivity index (χ3v) is 7.30. The van der Waals surface area contributed by atoms with Crippen LogP contribution in [0.3, 0.4) is 0 Å². The van der Waals surface area contributed by atoms with Crippen molar-refractivity contribution in [2.45, 2.75) is 86.0 Å². The molecule has 6 aromatic heterocycles. The molecule has 7 rings (SSSR count). The van der Waals surface area contributed by atoms with E-state index in [0.29, 0.717) is 24.2 Å². The molecule has 246 valence electrons. The van der Waals surface area contributed by atoms with Crippen molar-refractivity contribution in [1.29, 1.82) is 0 Å². The Labute approximate surface area is 270 Å². The highest BCUT2D eigenvalue weighted by molar-refractivity contribution is 5.84. The van der Waals surface area contributed by atoms with Crippen molar-refractivity contribution in [3.8, 4) is 0 Å². The Balaban J connectivity index is 0.000000155. The molecule has 15 heteroatoms. The lowest BCUT2D eigenvalue weighted by Crippen LogP contribution is -2.11. The van der Waals surface area contributed by atoms with Crippen LogP contribution in [0.2, 0.25) is 0 Å². The van der Waals surface area contributed by atoms with E-state index in [2.05, 4.69) is 102 Å². The van der Waals surface area contributed by atoms with Crippen LogP contribution in [-0.2, 0) is 0 Å². The SMILES string of the molecule is C.CC(C)n1cnc2c(N(C)C)ncnc21.CC(C)n1cnc2c(NC3CC3)ncnc21.CNc1ncnc2c1ncn2C(C)C. The molecule has 0 amide bonds. The van der Waals surface area contributed by atoms with Crippen LogP contribution >= 0.6 is 0 Å². The fraction of sp³-hybridized carbons (Fsp3) is 0.516. The summed E-state index contributed by atoms with van der Waals surface area (Å²) >= 11 is 0. The molecule has 6 heterocycles. The maximum atomic E-state index is 4.40. The number of nitrogens with one attached hydrogen (secondary N) is 2. The lowest BCUT2D eigenvalue weighted by Gasteiger charge is -2.11. The highest BCUT2D eigenvalue weighted by Crippen LogP contribution is 2.27. The summed E-state index contributed by atoms with van der Waals surface area (Å²) in [5, 5.41) is 6.38. The monoisotopic (exact) mass is 629 g/mol. The summed E-state index contributed by atoms with van der Waals surface area (Å²) in [7, 11) is 5.74. The highest BCUT2D eigenvalue weighted by Gasteiger charge is 2.23. The van der Waals surface area contributed by atoms with E-state index >= 15 is 0 Å². The average molecular weight is 630 g/mol. The predicted octanol–water partition coefficient (Wildman–Crippen LogP) is 5.54. The minimum atomic E-state index is 0. The zero-order chi connectivity index (χ0) is 32.2. The van der Waals surface area contributed by atoms with Crippen LogP contribution in [0.15, 0.2) is 38.0 Å². The van der Waals surface area contributed by atoms with Gasteiger partial charge in [-0.15, -0.1) is 0 Å². The number of hydrogen-bond donors (Lipinski definition) is 2. The lowest BCUT2D eigenvalue weighted by molar-refractivity contribution is 0.612. The Bertz CT molecular complexity index is 1860. The second kappa shape index (κ2) is 14.4. The summed E-state index contributed by atoms with van der Waals surface area (Å²) in [6.07, 6.45) is 12.7. The highest BCUT2D eigenvalue weighted by atomic mass is 15.2. The van der Waals surface area contributed by atoms with E-state index in [-0.39, 0.29) is 7.43 Å². The van der Waals surface area contributed by atoms with E-state index in [1.54, 1.807) is 25.3 Å². The van der Waals surface area contributed by atoms with Crippen molar-refractivity contribution in [3.05, 3.63) is 38.0 Å². The summed E-state index contributed by atoms with van der Waals surface area (Å²) in [4.78, 5) is 40.4. The van der Waals surface area contributed by atoms with E-state index in [9.17, 15) is 0 Å². The molecule has 1 aliphatic rings. The van der Waals surface area contributed by atoms with Crippen LogP contribution in [0.25, 0.3) is 33.5 Å². The third kappa shape index (κ3) is 7.13. The van der Waals surface area contributed by atoms with Gasteiger partial charge in [0.1, 0.15) is 30.0 Å². The van der Waals surface area contributed by atoms with Gasteiger partial charge in [-0.2, -0.15) is 0 Å². The minimum Gasteiger partial charge on any atom is -0.371 e. The first-order valence-electron chi connectivity index (χ1n) is 15.2. The van der Waals surface area contributed by atoms with Gasteiger partial charge in [-0.3, -0.25) is 0 Å². The fourth-order valence-corrected chi connectivity index (χ4v) is 4.71. The van der Waals surface area contributed by atoms with Crippen LogP contribution < -0.4 is 15.5 Å². The first kappa shape index (κ1) is 33.9. The lowest BCUT2D eigenvalue weighted by atomic mass is 10.4. The van der Waals surface area contributed by atoms with Gasteiger partial charge in [0.15, 0.2) is 39.9 Å². The van der Waals surface area contributed by atoms with Gasteiger partial charge in [0, 0.05) is 45.3 Å². The maximum absolute atomic E-state index is 4.40. The van der Waals surface area contributed by atoms with Gasteiger partial charge in [0.05, 0.1) is 19.0 Å². The van der Waals surface area contributed by atoms with Gasteiger partial charge in [0.2, 0.25) is 0 Å². The largest absolute Gasteiger partial charge is 0.371 e. The quantitative estimate of drug-likeness (QED) is 0.227. The number of fused-ring (bicyclic) bond motifs is 3. The summed E-state index contributed by atoms with van der Waals surface area (Å²) in [6, 6.07) is 1.68. The maximum Gasteiger partial charge on any atom is 0.165 e. The van der Waals surface area contributed by atoms with E-state index in [0.717, 1.165) is 50.9 Å². The summed E-state index contributed by atoms with van der Waals surface area (Å²) in [5.74, 6) is 2.50. The molecule has 15 nitrogen and oxygen atoms in total. The fourth-order valence-electron chi connectivity index (χ4n) is 4.71. The Hall–Kier alpha value is -4.95. The predicted molar refractivity (Wildman–Crippen MR) is 184 cm³/mol. The van der Waals surface area contributed by atoms with Gasteiger partial charge >= 0.3 is 0 Å². The first-order chi connectivity index (χ1) is 21.6. The Kier molecular flexibility index (Phi) is 10.6. The van der Waals surface area contributed by atoms with E-state index in [1.165, 1.54) is 12.8 Å². The van der Waals surface area contributed by atoms with Crippen molar-refractivity contribution in [2.75, 3.05) is 36.7 Å². The first-order valence-corrected chi connectivity index (χ1v) is 15.2. The van der Waals surface area contributed by atoms with Crippen molar-refractivity contribution in [1.82, 2.24) is 58.6 Å². The van der Waals surface area contributed by atoms with Crippen LogP contribution in [0.4, 0.5) is 17.5 Å². The molecule has 0 aromatic carbocycles. The second-order valence-corrected chi connectivity index (χ2v) is 12.0. The minimum absolute atomic E-state index is 0. The topological polar surface area (TPSA) is 158 Å². The summed E-state index contributed by atoms with van der Waals surface area (Å²) in [5.41, 5.74) is 5.24. The summed E-state index contributed by atoms with van der Waals surface area (Å²) in [6.45, 7) is 12.7. The number of imidazole rings is 3. The van der Waals surface area contributed by atoms with Crippen LogP contribution in [0, 0.1) is 0 Å². The smallest absolute Gasteiger partial charge is 0.165 e. The van der Waals surface area contributed by atoms with Crippen molar-refractivity contribution < 1.29 is 0 Å². The average Bonchev–Trinajstić information content (AvgIpc) is 3.38. The Morgan fingerprint density at radius 3 is 1.46 bits per heavy atom. The summed E-state index contributed by atoms with van der Waals surface area (Å²) < 4.78 is 6.14. The molecular formula is C31H47N15. The molecule has 1 fully saturated rings. The van der Waals surface area contributed by atoms with Crippen LogP contribution in [0.1, 0.15) is 79.9 Å². The third-order valence-electron chi connectivity index (χ3n) is 7.30. The van der Waals surface area contributed by atoms with Gasteiger partial charge in [-0.25, -0.2) is 44.9 Å². The molecule has 6 aromatic rings. The standard InChI is InChI=1S/C11H15N5.C10H15N5.C9H13N5.CH4/c1-7(2)16-6-14-9-10(15-8-3-4-8)12-5-13-11(9)16;1-7(2)15-6-13-8-9(14(3)4)11-5-12-10(8)15;1-6(2)14-5-13-7-8(10-3)11-4-12-9(7)14;/h5-8H,3-4H2,1-2H3,(H,12,13,15);5-7H,1-4H3;4-6H,1-3H3,(H,10,11,12);1H4. The van der Waals surface area contributed by atoms with Crippen molar-refractivity contribution in [2.24, 2.45) is 0 Å². The molecule has 0 bridgehead atoms. The Morgan fingerprint density at radius 2 is 1.02 bits per heavy atom. The van der Waals surface area contributed by atoms with Crippen molar-refractivity contribution >= 4 is 50.9 Å². The molecular weight excluding hydrogens is 582 g/mol. The van der Waals surface area contributed by atoms with Crippen LogP contribution in [0.5, 0.6) is 0 Å².